The Morgan fingerprint density at radius 2 is 2.05 bits per heavy atom. The summed E-state index contributed by atoms with van der Waals surface area (Å²) >= 11 is 0. The predicted octanol–water partition coefficient (Wildman–Crippen LogP) is 4.39. The van der Waals surface area contributed by atoms with E-state index in [4.69, 9.17) is 0 Å². The van der Waals surface area contributed by atoms with Crippen LogP contribution in [0.5, 0.6) is 0 Å². The molecule has 0 radical (unpaired) electrons. The van der Waals surface area contributed by atoms with Gasteiger partial charge in [-0.25, -0.2) is 0 Å². The lowest BCUT2D eigenvalue weighted by atomic mass is 9.98. The third-order valence-corrected chi connectivity index (χ3v) is 3.66. The predicted molar refractivity (Wildman–Crippen MR) is 83.7 cm³/mol. The van der Waals surface area contributed by atoms with Gasteiger partial charge in [-0.3, -0.25) is 9.78 Å². The second-order valence-corrected chi connectivity index (χ2v) is 5.12. The lowest BCUT2D eigenvalue weighted by Crippen LogP contribution is -2.22. The fraction of sp³-hybridized carbons (Fsp3) is 0.412. The molecule has 1 aromatic carbocycles. The van der Waals surface area contributed by atoms with Gasteiger partial charge in [-0.15, -0.1) is 0 Å². The van der Waals surface area contributed by atoms with Gasteiger partial charge in [0.05, 0.1) is 11.2 Å². The number of para-hydroxylation sites is 1. The summed E-state index contributed by atoms with van der Waals surface area (Å²) in [5.74, 6) is 0.202. The van der Waals surface area contributed by atoms with Crippen LogP contribution in [0.3, 0.4) is 0 Å². The molecule has 0 saturated carbocycles. The van der Waals surface area contributed by atoms with Crippen molar-refractivity contribution in [2.75, 3.05) is 5.32 Å². The summed E-state index contributed by atoms with van der Waals surface area (Å²) in [5.41, 5.74) is 1.66. The molecule has 0 bridgehead atoms. The molecule has 20 heavy (non-hydrogen) atoms. The van der Waals surface area contributed by atoms with Crippen LogP contribution in [0.2, 0.25) is 0 Å². The summed E-state index contributed by atoms with van der Waals surface area (Å²) < 4.78 is 0. The summed E-state index contributed by atoms with van der Waals surface area (Å²) in [6, 6.07) is 9.79. The molecule has 0 unspecified atom stereocenters. The summed E-state index contributed by atoms with van der Waals surface area (Å²) in [6.45, 7) is 4.22. The van der Waals surface area contributed by atoms with Crippen LogP contribution >= 0.6 is 0 Å². The molecule has 0 aliphatic rings. The number of hydrogen-bond donors (Lipinski definition) is 1. The second kappa shape index (κ2) is 7.04. The van der Waals surface area contributed by atoms with E-state index in [1.807, 2.05) is 30.3 Å². The van der Waals surface area contributed by atoms with Gasteiger partial charge in [0, 0.05) is 17.5 Å². The number of carbonyl (C=O) groups excluding carboxylic acids is 1. The largest absolute Gasteiger partial charge is 0.324 e. The van der Waals surface area contributed by atoms with E-state index in [-0.39, 0.29) is 11.8 Å². The van der Waals surface area contributed by atoms with Crippen molar-refractivity contribution >= 4 is 22.5 Å². The Bertz CT molecular complexity index is 575. The normalized spacial score (nSPS) is 12.3. The van der Waals surface area contributed by atoms with E-state index in [1.165, 1.54) is 0 Å². The van der Waals surface area contributed by atoms with Crippen LogP contribution in [0.1, 0.15) is 39.5 Å². The maximum atomic E-state index is 12.4. The highest BCUT2D eigenvalue weighted by Crippen LogP contribution is 2.22. The summed E-state index contributed by atoms with van der Waals surface area (Å²) in [5, 5.41) is 4.09. The molecule has 0 aliphatic carbocycles. The highest BCUT2D eigenvalue weighted by atomic mass is 16.1. The zero-order valence-electron chi connectivity index (χ0n) is 12.2. The van der Waals surface area contributed by atoms with Crippen LogP contribution in [0.15, 0.2) is 36.5 Å². The SMILES string of the molecule is CCCC[C@H](CC)C(=O)Nc1cccc2cccnc12. The number of nitrogens with zero attached hydrogens (tertiary/aromatic N) is 1. The Hall–Kier alpha value is -1.90. The Labute approximate surface area is 120 Å². The van der Waals surface area contributed by atoms with Crippen LogP contribution in [0.25, 0.3) is 10.9 Å². The fourth-order valence-electron chi connectivity index (χ4n) is 2.41. The number of amides is 1. The smallest absolute Gasteiger partial charge is 0.227 e. The molecule has 2 rings (SSSR count). The Morgan fingerprint density at radius 3 is 2.80 bits per heavy atom. The van der Waals surface area contributed by atoms with Crippen molar-refractivity contribution in [3.8, 4) is 0 Å². The zero-order chi connectivity index (χ0) is 14.4. The van der Waals surface area contributed by atoms with Crippen LogP contribution in [0, 0.1) is 5.92 Å². The van der Waals surface area contributed by atoms with E-state index in [0.29, 0.717) is 0 Å². The van der Waals surface area contributed by atoms with Crippen molar-refractivity contribution in [1.29, 1.82) is 0 Å². The van der Waals surface area contributed by atoms with Crippen molar-refractivity contribution in [2.45, 2.75) is 39.5 Å². The molecule has 0 fully saturated rings. The molecule has 2 aromatic rings. The Balaban J connectivity index is 2.17. The summed E-state index contributed by atoms with van der Waals surface area (Å²) in [4.78, 5) is 16.7. The highest BCUT2D eigenvalue weighted by molar-refractivity contribution is 6.00. The topological polar surface area (TPSA) is 42.0 Å². The standard InChI is InChI=1S/C17H22N2O/c1-3-5-8-13(4-2)17(20)19-15-11-6-9-14-10-7-12-18-16(14)15/h6-7,9-13H,3-5,8H2,1-2H3,(H,19,20)/t13-/m0/s1. The van der Waals surface area contributed by atoms with Gasteiger partial charge >= 0.3 is 0 Å². The lowest BCUT2D eigenvalue weighted by Gasteiger charge is -2.15. The number of pyridine rings is 1. The van der Waals surface area contributed by atoms with Crippen LogP contribution in [-0.4, -0.2) is 10.9 Å². The third kappa shape index (κ3) is 3.35. The van der Waals surface area contributed by atoms with E-state index in [0.717, 1.165) is 42.3 Å². The van der Waals surface area contributed by atoms with E-state index in [1.54, 1.807) is 6.20 Å². The lowest BCUT2D eigenvalue weighted by molar-refractivity contribution is -0.120. The molecule has 106 valence electrons. The average Bonchev–Trinajstić information content (AvgIpc) is 2.48. The number of unbranched alkanes of at least 4 members (excludes halogenated alkanes) is 1. The van der Waals surface area contributed by atoms with E-state index < -0.39 is 0 Å². The second-order valence-electron chi connectivity index (χ2n) is 5.12. The minimum Gasteiger partial charge on any atom is -0.324 e. The van der Waals surface area contributed by atoms with Crippen molar-refractivity contribution in [3.05, 3.63) is 36.5 Å². The molecule has 1 N–H and O–H groups in total. The van der Waals surface area contributed by atoms with Gasteiger partial charge in [0.1, 0.15) is 0 Å². The molecule has 1 amide bonds. The number of nitrogens with one attached hydrogen (secondary N) is 1. The molecule has 0 saturated heterocycles. The molecule has 3 nitrogen and oxygen atoms in total. The molecular weight excluding hydrogens is 248 g/mol. The van der Waals surface area contributed by atoms with E-state index in [9.17, 15) is 4.79 Å². The minimum absolute atomic E-state index is 0.0916. The fourth-order valence-corrected chi connectivity index (χ4v) is 2.41. The number of benzene rings is 1. The van der Waals surface area contributed by atoms with Crippen LogP contribution in [-0.2, 0) is 4.79 Å². The van der Waals surface area contributed by atoms with Crippen LogP contribution in [0.4, 0.5) is 5.69 Å². The van der Waals surface area contributed by atoms with Gasteiger partial charge in [0.15, 0.2) is 0 Å². The van der Waals surface area contributed by atoms with Gasteiger partial charge in [0.2, 0.25) is 5.91 Å². The summed E-state index contributed by atoms with van der Waals surface area (Å²) in [7, 11) is 0. The van der Waals surface area contributed by atoms with Crippen molar-refractivity contribution in [1.82, 2.24) is 4.98 Å². The molecule has 1 atom stereocenters. The zero-order valence-corrected chi connectivity index (χ0v) is 12.2. The first-order chi connectivity index (χ1) is 9.76. The van der Waals surface area contributed by atoms with Crippen molar-refractivity contribution in [2.24, 2.45) is 5.92 Å². The first-order valence-corrected chi connectivity index (χ1v) is 7.40. The quantitative estimate of drug-likeness (QED) is 0.845. The maximum Gasteiger partial charge on any atom is 0.227 e. The number of anilines is 1. The monoisotopic (exact) mass is 270 g/mol. The maximum absolute atomic E-state index is 12.4. The number of hydrogen-bond acceptors (Lipinski definition) is 2. The Kier molecular flexibility index (Phi) is 5.10. The minimum atomic E-state index is 0.0916. The molecule has 3 heteroatoms. The van der Waals surface area contributed by atoms with Gasteiger partial charge in [-0.2, -0.15) is 0 Å². The van der Waals surface area contributed by atoms with Gasteiger partial charge in [-0.1, -0.05) is 44.9 Å². The highest BCUT2D eigenvalue weighted by Gasteiger charge is 2.16. The number of carbonyl (C=O) groups is 1. The number of rotatable bonds is 6. The molecular formula is C17H22N2O. The molecule has 0 aliphatic heterocycles. The third-order valence-electron chi connectivity index (χ3n) is 3.66. The first-order valence-electron chi connectivity index (χ1n) is 7.40. The van der Waals surface area contributed by atoms with E-state index in [2.05, 4.69) is 24.1 Å². The first kappa shape index (κ1) is 14.5. The number of aromatic nitrogens is 1. The molecule has 1 heterocycles. The van der Waals surface area contributed by atoms with Crippen molar-refractivity contribution < 1.29 is 4.79 Å². The Morgan fingerprint density at radius 1 is 1.25 bits per heavy atom. The van der Waals surface area contributed by atoms with Gasteiger partial charge in [0.25, 0.3) is 0 Å². The van der Waals surface area contributed by atoms with Crippen LogP contribution < -0.4 is 5.32 Å². The van der Waals surface area contributed by atoms with E-state index >= 15 is 0 Å². The number of fused-ring (bicyclic) bond motifs is 1. The molecule has 1 aromatic heterocycles. The van der Waals surface area contributed by atoms with Crippen molar-refractivity contribution in [3.63, 3.8) is 0 Å². The van der Waals surface area contributed by atoms with Gasteiger partial charge in [-0.05, 0) is 25.0 Å². The summed E-state index contributed by atoms with van der Waals surface area (Å²) in [6.07, 6.45) is 5.81. The average molecular weight is 270 g/mol. The molecule has 0 spiro atoms. The van der Waals surface area contributed by atoms with Gasteiger partial charge < -0.3 is 5.32 Å².